The van der Waals surface area contributed by atoms with Crippen LogP contribution in [0, 0.1) is 6.92 Å². The Hall–Kier alpha value is -1.55. The quantitative estimate of drug-likeness (QED) is 0.752. The molecule has 0 fully saturated rings. The first-order chi connectivity index (χ1) is 7.09. The number of halogens is 1. The first-order valence-electron chi connectivity index (χ1n) is 4.49. The van der Waals surface area contributed by atoms with Crippen molar-refractivity contribution in [3.05, 3.63) is 29.2 Å². The summed E-state index contributed by atoms with van der Waals surface area (Å²) in [5.41, 5.74) is 9.17. The number of nitrogens with zero attached hydrogens (tertiary/aromatic N) is 3. The summed E-state index contributed by atoms with van der Waals surface area (Å²) in [4.78, 5) is 4.09. The standard InChI is InChI=1S/C10H11ClN4/c1-6-3-7(4-13-10(6)11)9-8(12)5-14-15(9)2/h3-5H,12H2,1-2H3. The lowest BCUT2D eigenvalue weighted by Gasteiger charge is -2.05. The monoisotopic (exact) mass is 222 g/mol. The Kier molecular flexibility index (Phi) is 2.36. The molecule has 2 heterocycles. The minimum absolute atomic E-state index is 0.513. The number of anilines is 1. The van der Waals surface area contributed by atoms with Crippen LogP contribution in [0.4, 0.5) is 5.69 Å². The van der Waals surface area contributed by atoms with E-state index in [0.717, 1.165) is 16.8 Å². The summed E-state index contributed by atoms with van der Waals surface area (Å²) >= 11 is 5.86. The molecule has 2 aromatic heterocycles. The lowest BCUT2D eigenvalue weighted by Crippen LogP contribution is -1.97. The van der Waals surface area contributed by atoms with Gasteiger partial charge in [-0.05, 0) is 18.6 Å². The molecule has 78 valence electrons. The van der Waals surface area contributed by atoms with E-state index in [2.05, 4.69) is 10.1 Å². The van der Waals surface area contributed by atoms with Crippen LogP contribution in [0.2, 0.25) is 5.15 Å². The van der Waals surface area contributed by atoms with Gasteiger partial charge in [0.25, 0.3) is 0 Å². The molecule has 0 radical (unpaired) electrons. The fourth-order valence-corrected chi connectivity index (χ4v) is 1.60. The minimum Gasteiger partial charge on any atom is -0.396 e. The van der Waals surface area contributed by atoms with Crippen molar-refractivity contribution in [1.82, 2.24) is 14.8 Å². The van der Waals surface area contributed by atoms with Crippen LogP contribution in [0.25, 0.3) is 11.3 Å². The third-order valence-corrected chi connectivity index (χ3v) is 2.65. The van der Waals surface area contributed by atoms with Crippen molar-refractivity contribution < 1.29 is 0 Å². The second-order valence-electron chi connectivity index (χ2n) is 3.40. The highest BCUT2D eigenvalue weighted by Gasteiger charge is 2.09. The second-order valence-corrected chi connectivity index (χ2v) is 3.76. The van der Waals surface area contributed by atoms with Crippen molar-refractivity contribution in [2.24, 2.45) is 7.05 Å². The van der Waals surface area contributed by atoms with E-state index in [1.54, 1.807) is 17.1 Å². The third-order valence-electron chi connectivity index (χ3n) is 2.25. The van der Waals surface area contributed by atoms with E-state index >= 15 is 0 Å². The fraction of sp³-hybridized carbons (Fsp3) is 0.200. The Bertz CT molecular complexity index is 485. The molecule has 5 heteroatoms. The number of pyridine rings is 1. The molecular weight excluding hydrogens is 212 g/mol. The highest BCUT2D eigenvalue weighted by Crippen LogP contribution is 2.26. The van der Waals surface area contributed by atoms with Crippen LogP contribution in [0.3, 0.4) is 0 Å². The number of nitrogen functional groups attached to an aromatic ring is 1. The minimum atomic E-state index is 0.513. The predicted octanol–water partition coefficient (Wildman–Crippen LogP) is 2.03. The molecule has 0 atom stereocenters. The van der Waals surface area contributed by atoms with E-state index in [0.29, 0.717) is 10.8 Å². The van der Waals surface area contributed by atoms with Gasteiger partial charge in [0, 0.05) is 18.8 Å². The Morgan fingerprint density at radius 1 is 1.40 bits per heavy atom. The van der Waals surface area contributed by atoms with Gasteiger partial charge in [0.1, 0.15) is 5.15 Å². The molecule has 0 aliphatic carbocycles. The molecule has 0 aromatic carbocycles. The molecule has 0 bridgehead atoms. The molecule has 4 nitrogen and oxygen atoms in total. The zero-order valence-electron chi connectivity index (χ0n) is 8.53. The number of aromatic nitrogens is 3. The van der Waals surface area contributed by atoms with Gasteiger partial charge in [0.15, 0.2) is 0 Å². The van der Waals surface area contributed by atoms with Crippen molar-refractivity contribution in [3.8, 4) is 11.3 Å². The van der Waals surface area contributed by atoms with Crippen molar-refractivity contribution in [2.45, 2.75) is 6.92 Å². The van der Waals surface area contributed by atoms with Crippen molar-refractivity contribution >= 4 is 17.3 Å². The van der Waals surface area contributed by atoms with Gasteiger partial charge in [0.05, 0.1) is 17.6 Å². The zero-order chi connectivity index (χ0) is 11.0. The zero-order valence-corrected chi connectivity index (χ0v) is 9.28. The van der Waals surface area contributed by atoms with Crippen LogP contribution in [-0.2, 0) is 7.05 Å². The van der Waals surface area contributed by atoms with Gasteiger partial charge in [-0.3, -0.25) is 4.68 Å². The number of nitrogens with two attached hydrogens (primary N) is 1. The van der Waals surface area contributed by atoms with Crippen molar-refractivity contribution in [2.75, 3.05) is 5.73 Å². The van der Waals surface area contributed by atoms with Gasteiger partial charge >= 0.3 is 0 Å². The first-order valence-corrected chi connectivity index (χ1v) is 4.87. The summed E-state index contributed by atoms with van der Waals surface area (Å²) < 4.78 is 1.72. The summed E-state index contributed by atoms with van der Waals surface area (Å²) in [5.74, 6) is 0. The SMILES string of the molecule is Cc1cc(-c2c(N)cnn2C)cnc1Cl. The van der Waals surface area contributed by atoms with E-state index in [9.17, 15) is 0 Å². The topological polar surface area (TPSA) is 56.7 Å². The summed E-state index contributed by atoms with van der Waals surface area (Å²) in [7, 11) is 1.84. The average molecular weight is 223 g/mol. The Morgan fingerprint density at radius 2 is 2.13 bits per heavy atom. The second kappa shape index (κ2) is 3.55. The van der Waals surface area contributed by atoms with E-state index in [-0.39, 0.29) is 0 Å². The normalized spacial score (nSPS) is 10.6. The Balaban J connectivity index is 2.59. The average Bonchev–Trinajstić information content (AvgIpc) is 2.52. The van der Waals surface area contributed by atoms with Gasteiger partial charge in [-0.25, -0.2) is 4.98 Å². The number of hydrogen-bond acceptors (Lipinski definition) is 3. The lowest BCUT2D eigenvalue weighted by molar-refractivity contribution is 0.775. The predicted molar refractivity (Wildman–Crippen MR) is 60.6 cm³/mol. The molecule has 15 heavy (non-hydrogen) atoms. The van der Waals surface area contributed by atoms with Gasteiger partial charge in [0.2, 0.25) is 0 Å². The number of aryl methyl sites for hydroxylation is 2. The van der Waals surface area contributed by atoms with Crippen LogP contribution < -0.4 is 5.73 Å². The number of rotatable bonds is 1. The van der Waals surface area contributed by atoms with Crippen LogP contribution >= 0.6 is 11.6 Å². The highest BCUT2D eigenvalue weighted by molar-refractivity contribution is 6.30. The summed E-state index contributed by atoms with van der Waals surface area (Å²) in [6.07, 6.45) is 3.32. The highest BCUT2D eigenvalue weighted by atomic mass is 35.5. The van der Waals surface area contributed by atoms with Gasteiger partial charge < -0.3 is 5.73 Å². The molecule has 2 N–H and O–H groups in total. The van der Waals surface area contributed by atoms with E-state index in [1.165, 1.54) is 0 Å². The van der Waals surface area contributed by atoms with Crippen LogP contribution in [0.1, 0.15) is 5.56 Å². The van der Waals surface area contributed by atoms with Crippen LogP contribution in [-0.4, -0.2) is 14.8 Å². The third kappa shape index (κ3) is 1.68. The number of hydrogen-bond donors (Lipinski definition) is 1. The van der Waals surface area contributed by atoms with Crippen LogP contribution in [0.15, 0.2) is 18.5 Å². The van der Waals surface area contributed by atoms with Crippen molar-refractivity contribution in [1.29, 1.82) is 0 Å². The Labute approximate surface area is 92.7 Å². The molecule has 0 aliphatic heterocycles. The van der Waals surface area contributed by atoms with E-state index in [1.807, 2.05) is 20.0 Å². The largest absolute Gasteiger partial charge is 0.396 e. The maximum Gasteiger partial charge on any atom is 0.131 e. The van der Waals surface area contributed by atoms with E-state index in [4.69, 9.17) is 17.3 Å². The lowest BCUT2D eigenvalue weighted by atomic mass is 10.1. The summed E-state index contributed by atoms with van der Waals surface area (Å²) in [5, 5.41) is 4.59. The first kappa shape index (κ1) is 9.98. The summed E-state index contributed by atoms with van der Waals surface area (Å²) in [6, 6.07) is 1.95. The molecule has 2 rings (SSSR count). The smallest absolute Gasteiger partial charge is 0.131 e. The fourth-order valence-electron chi connectivity index (χ4n) is 1.50. The Morgan fingerprint density at radius 3 is 2.67 bits per heavy atom. The maximum absolute atomic E-state index is 5.86. The summed E-state index contributed by atoms with van der Waals surface area (Å²) in [6.45, 7) is 1.91. The molecular formula is C10H11ClN4. The molecule has 0 saturated heterocycles. The molecule has 0 saturated carbocycles. The molecule has 0 aliphatic rings. The van der Waals surface area contributed by atoms with E-state index < -0.39 is 0 Å². The van der Waals surface area contributed by atoms with Crippen LogP contribution in [0.5, 0.6) is 0 Å². The van der Waals surface area contributed by atoms with Gasteiger partial charge in [-0.15, -0.1) is 0 Å². The molecule has 0 spiro atoms. The maximum atomic E-state index is 5.86. The molecule has 0 unspecified atom stereocenters. The van der Waals surface area contributed by atoms with Crippen molar-refractivity contribution in [3.63, 3.8) is 0 Å². The molecule has 0 amide bonds. The van der Waals surface area contributed by atoms with Gasteiger partial charge in [-0.1, -0.05) is 11.6 Å². The van der Waals surface area contributed by atoms with Gasteiger partial charge in [-0.2, -0.15) is 5.10 Å². The molecule has 2 aromatic rings.